The molecule has 0 saturated heterocycles. The Kier molecular flexibility index (Phi) is 4.06. The van der Waals surface area contributed by atoms with Crippen LogP contribution in [0.4, 0.5) is 11.4 Å². The van der Waals surface area contributed by atoms with Gasteiger partial charge in [0.2, 0.25) is 0 Å². The first-order valence-corrected chi connectivity index (χ1v) is 5.21. The van der Waals surface area contributed by atoms with Crippen LogP contribution >= 0.6 is 15.9 Å². The van der Waals surface area contributed by atoms with Crippen molar-refractivity contribution in [3.8, 4) is 11.8 Å². The number of halogens is 1. The zero-order valence-electron chi connectivity index (χ0n) is 7.74. The second kappa shape index (κ2) is 5.32. The summed E-state index contributed by atoms with van der Waals surface area (Å²) < 4.78 is 0. The lowest BCUT2D eigenvalue weighted by Gasteiger charge is -1.97. The van der Waals surface area contributed by atoms with Gasteiger partial charge in [-0.3, -0.25) is 15.1 Å². The summed E-state index contributed by atoms with van der Waals surface area (Å²) in [6.07, 6.45) is 3.19. The van der Waals surface area contributed by atoms with Crippen molar-refractivity contribution < 1.29 is 4.92 Å². The standard InChI is InChI=1S/C9H8BrN3O2/c10-4-2-1-3-7-5-12-6-8(9(7)11)13(14)15/h5-6H,2,4H2,(H2,11,12). The summed E-state index contributed by atoms with van der Waals surface area (Å²) in [5, 5.41) is 11.3. The first-order chi connectivity index (χ1) is 7.16. The molecule has 78 valence electrons. The maximum atomic E-state index is 10.5. The van der Waals surface area contributed by atoms with Crippen LogP contribution in [-0.4, -0.2) is 15.2 Å². The average Bonchev–Trinajstić information content (AvgIpc) is 2.20. The number of pyridine rings is 1. The van der Waals surface area contributed by atoms with Gasteiger partial charge in [0.05, 0.1) is 10.5 Å². The summed E-state index contributed by atoms with van der Waals surface area (Å²) in [6, 6.07) is 0. The van der Waals surface area contributed by atoms with Gasteiger partial charge in [-0.1, -0.05) is 27.8 Å². The zero-order valence-corrected chi connectivity index (χ0v) is 9.32. The first-order valence-electron chi connectivity index (χ1n) is 4.09. The molecule has 0 radical (unpaired) electrons. The van der Waals surface area contributed by atoms with Crippen LogP contribution in [0.5, 0.6) is 0 Å². The number of anilines is 1. The molecule has 1 rings (SSSR count). The highest BCUT2D eigenvalue weighted by molar-refractivity contribution is 9.09. The zero-order chi connectivity index (χ0) is 11.3. The Bertz CT molecular complexity index is 437. The fourth-order valence-corrected chi connectivity index (χ4v) is 1.11. The Labute approximate surface area is 95.0 Å². The second-order valence-corrected chi connectivity index (χ2v) is 3.41. The lowest BCUT2D eigenvalue weighted by Crippen LogP contribution is -1.99. The molecule has 0 saturated carbocycles. The van der Waals surface area contributed by atoms with E-state index in [0.717, 1.165) is 11.5 Å². The van der Waals surface area contributed by atoms with Crippen molar-refractivity contribution in [3.63, 3.8) is 0 Å². The molecular formula is C9H8BrN3O2. The Morgan fingerprint density at radius 1 is 1.60 bits per heavy atom. The van der Waals surface area contributed by atoms with Crippen LogP contribution in [0, 0.1) is 22.0 Å². The SMILES string of the molecule is Nc1c(C#CCCBr)cncc1[N+](=O)[O-]. The minimum Gasteiger partial charge on any atom is -0.392 e. The van der Waals surface area contributed by atoms with Crippen LogP contribution < -0.4 is 5.73 Å². The van der Waals surface area contributed by atoms with E-state index in [9.17, 15) is 10.1 Å². The minimum atomic E-state index is -0.571. The average molecular weight is 270 g/mol. The molecule has 2 N–H and O–H groups in total. The summed E-state index contributed by atoms with van der Waals surface area (Å²) in [4.78, 5) is 13.7. The van der Waals surface area contributed by atoms with Gasteiger partial charge in [-0.05, 0) is 0 Å². The predicted molar refractivity (Wildman–Crippen MR) is 60.6 cm³/mol. The molecule has 0 amide bonds. The van der Waals surface area contributed by atoms with E-state index in [-0.39, 0.29) is 11.4 Å². The molecule has 1 heterocycles. The summed E-state index contributed by atoms with van der Waals surface area (Å²) >= 11 is 3.22. The summed E-state index contributed by atoms with van der Waals surface area (Å²) in [6.45, 7) is 0. The van der Waals surface area contributed by atoms with Gasteiger partial charge >= 0.3 is 5.69 Å². The molecule has 6 heteroatoms. The Morgan fingerprint density at radius 2 is 2.33 bits per heavy atom. The number of nitrogens with two attached hydrogens (primary N) is 1. The number of aromatic nitrogens is 1. The fraction of sp³-hybridized carbons (Fsp3) is 0.222. The minimum absolute atomic E-state index is 0.0667. The van der Waals surface area contributed by atoms with E-state index in [4.69, 9.17) is 5.73 Å². The molecule has 0 aliphatic carbocycles. The van der Waals surface area contributed by atoms with Crippen LogP contribution in [0.1, 0.15) is 12.0 Å². The molecule has 0 aliphatic heterocycles. The molecule has 5 nitrogen and oxygen atoms in total. The third-order valence-electron chi connectivity index (χ3n) is 1.61. The van der Waals surface area contributed by atoms with Crippen LogP contribution in [0.15, 0.2) is 12.4 Å². The van der Waals surface area contributed by atoms with E-state index in [1.165, 1.54) is 6.20 Å². The van der Waals surface area contributed by atoms with Gasteiger partial charge in [-0.2, -0.15) is 0 Å². The molecule has 0 unspecified atom stereocenters. The largest absolute Gasteiger partial charge is 0.392 e. The molecule has 0 aliphatic rings. The fourth-order valence-electron chi connectivity index (χ4n) is 0.910. The molecular weight excluding hydrogens is 262 g/mol. The predicted octanol–water partition coefficient (Wildman–Crippen LogP) is 1.71. The summed E-state index contributed by atoms with van der Waals surface area (Å²) in [5.41, 5.74) is 5.82. The van der Waals surface area contributed by atoms with Crippen molar-refractivity contribution in [1.82, 2.24) is 4.98 Å². The lowest BCUT2D eigenvalue weighted by atomic mass is 10.2. The molecule has 0 spiro atoms. The highest BCUT2D eigenvalue weighted by Gasteiger charge is 2.13. The van der Waals surface area contributed by atoms with E-state index in [1.807, 2.05) is 0 Å². The molecule has 0 atom stereocenters. The van der Waals surface area contributed by atoms with Gasteiger partial charge in [0.1, 0.15) is 11.9 Å². The van der Waals surface area contributed by atoms with E-state index in [1.54, 1.807) is 0 Å². The van der Waals surface area contributed by atoms with Gasteiger partial charge in [-0.15, -0.1) is 0 Å². The van der Waals surface area contributed by atoms with Crippen molar-refractivity contribution in [3.05, 3.63) is 28.1 Å². The molecule has 0 aromatic carbocycles. The van der Waals surface area contributed by atoms with Gasteiger partial charge < -0.3 is 5.73 Å². The number of hydrogen-bond donors (Lipinski definition) is 1. The Balaban J connectivity index is 3.06. The number of hydrogen-bond acceptors (Lipinski definition) is 4. The van der Waals surface area contributed by atoms with Gasteiger partial charge in [0.15, 0.2) is 0 Å². The normalized spacial score (nSPS) is 9.13. The highest BCUT2D eigenvalue weighted by atomic mass is 79.9. The Hall–Kier alpha value is -1.61. The molecule has 15 heavy (non-hydrogen) atoms. The van der Waals surface area contributed by atoms with Crippen molar-refractivity contribution in [2.45, 2.75) is 6.42 Å². The van der Waals surface area contributed by atoms with E-state index >= 15 is 0 Å². The molecule has 1 aromatic heterocycles. The van der Waals surface area contributed by atoms with Crippen molar-refractivity contribution in [2.75, 3.05) is 11.1 Å². The molecule has 0 fully saturated rings. The van der Waals surface area contributed by atoms with Gasteiger partial charge in [0, 0.05) is 17.9 Å². The van der Waals surface area contributed by atoms with Crippen molar-refractivity contribution >= 4 is 27.3 Å². The van der Waals surface area contributed by atoms with E-state index < -0.39 is 4.92 Å². The van der Waals surface area contributed by atoms with E-state index in [0.29, 0.717) is 12.0 Å². The summed E-state index contributed by atoms with van der Waals surface area (Å²) in [7, 11) is 0. The molecule has 1 aromatic rings. The quantitative estimate of drug-likeness (QED) is 0.384. The monoisotopic (exact) mass is 269 g/mol. The number of alkyl halides is 1. The molecule has 0 bridgehead atoms. The third-order valence-corrected chi connectivity index (χ3v) is 2.00. The third kappa shape index (κ3) is 2.92. The van der Waals surface area contributed by atoms with Crippen LogP contribution in [0.2, 0.25) is 0 Å². The van der Waals surface area contributed by atoms with Crippen LogP contribution in [0.25, 0.3) is 0 Å². The van der Waals surface area contributed by atoms with E-state index in [2.05, 4.69) is 32.8 Å². The van der Waals surface area contributed by atoms with Gasteiger partial charge in [0.25, 0.3) is 0 Å². The highest BCUT2D eigenvalue weighted by Crippen LogP contribution is 2.22. The maximum Gasteiger partial charge on any atom is 0.311 e. The maximum absolute atomic E-state index is 10.5. The Morgan fingerprint density at radius 3 is 2.93 bits per heavy atom. The number of rotatable bonds is 2. The number of nitrogens with zero attached hydrogens (tertiary/aromatic N) is 2. The van der Waals surface area contributed by atoms with Crippen molar-refractivity contribution in [2.24, 2.45) is 0 Å². The topological polar surface area (TPSA) is 82.0 Å². The number of nitro groups is 1. The smallest absolute Gasteiger partial charge is 0.311 e. The van der Waals surface area contributed by atoms with Crippen LogP contribution in [-0.2, 0) is 0 Å². The second-order valence-electron chi connectivity index (χ2n) is 2.62. The van der Waals surface area contributed by atoms with Crippen LogP contribution in [0.3, 0.4) is 0 Å². The number of nitrogen functional groups attached to an aromatic ring is 1. The lowest BCUT2D eigenvalue weighted by molar-refractivity contribution is -0.384. The van der Waals surface area contributed by atoms with Crippen molar-refractivity contribution in [1.29, 1.82) is 0 Å². The van der Waals surface area contributed by atoms with Gasteiger partial charge in [-0.25, -0.2) is 0 Å². The first kappa shape index (κ1) is 11.5. The summed E-state index contributed by atoms with van der Waals surface area (Å²) in [5.74, 6) is 5.56.